The summed E-state index contributed by atoms with van der Waals surface area (Å²) < 4.78 is 0. The van der Waals surface area contributed by atoms with Crippen molar-refractivity contribution in [2.45, 2.75) is 51.6 Å². The van der Waals surface area contributed by atoms with Crippen molar-refractivity contribution in [3.8, 4) is 0 Å². The molecule has 0 aromatic carbocycles. The first-order valence-corrected chi connectivity index (χ1v) is 8.22. The van der Waals surface area contributed by atoms with E-state index in [-0.39, 0.29) is 6.04 Å². The van der Waals surface area contributed by atoms with Crippen molar-refractivity contribution in [3.05, 3.63) is 22.4 Å². The van der Waals surface area contributed by atoms with Crippen molar-refractivity contribution < 1.29 is 0 Å². The van der Waals surface area contributed by atoms with Crippen LogP contribution < -0.4 is 5.73 Å². The minimum Gasteiger partial charge on any atom is -0.326 e. The predicted octanol–water partition coefficient (Wildman–Crippen LogP) is 3.65. The van der Waals surface area contributed by atoms with Crippen molar-refractivity contribution in [1.29, 1.82) is 0 Å². The fraction of sp³-hybridized carbons (Fsp3) is 0.733. The summed E-state index contributed by atoms with van der Waals surface area (Å²) in [6, 6.07) is 2.90. The van der Waals surface area contributed by atoms with Gasteiger partial charge in [-0.2, -0.15) is 11.3 Å². The maximum Gasteiger partial charge on any atom is 0.0507 e. The molecule has 3 heteroatoms. The van der Waals surface area contributed by atoms with Gasteiger partial charge >= 0.3 is 0 Å². The maximum atomic E-state index is 6.38. The molecule has 2 N–H and O–H groups in total. The molecule has 1 aromatic heterocycles. The Kier molecular flexibility index (Phi) is 5.22. The van der Waals surface area contributed by atoms with E-state index in [4.69, 9.17) is 5.73 Å². The number of nitrogens with zero attached hydrogens (tertiary/aromatic N) is 1. The summed E-state index contributed by atoms with van der Waals surface area (Å²) in [5.41, 5.74) is 7.80. The van der Waals surface area contributed by atoms with Crippen molar-refractivity contribution >= 4 is 11.3 Å². The molecule has 1 saturated carbocycles. The van der Waals surface area contributed by atoms with E-state index >= 15 is 0 Å². The summed E-state index contributed by atoms with van der Waals surface area (Å²) in [6.45, 7) is 6.79. The Hall–Kier alpha value is -0.380. The van der Waals surface area contributed by atoms with E-state index in [9.17, 15) is 0 Å². The van der Waals surface area contributed by atoms with Gasteiger partial charge in [0.1, 0.15) is 0 Å². The Morgan fingerprint density at radius 2 is 2.22 bits per heavy atom. The van der Waals surface area contributed by atoms with Crippen LogP contribution in [-0.4, -0.2) is 24.0 Å². The molecule has 1 aliphatic carbocycles. The number of hydrogen-bond donors (Lipinski definition) is 1. The lowest BCUT2D eigenvalue weighted by Crippen LogP contribution is -2.43. The van der Waals surface area contributed by atoms with E-state index < -0.39 is 0 Å². The van der Waals surface area contributed by atoms with Gasteiger partial charge in [0.15, 0.2) is 0 Å². The van der Waals surface area contributed by atoms with Gasteiger partial charge in [-0.25, -0.2) is 0 Å². The zero-order valence-corrected chi connectivity index (χ0v) is 12.5. The van der Waals surface area contributed by atoms with Crippen LogP contribution in [0.4, 0.5) is 0 Å². The molecule has 2 rings (SSSR count). The molecule has 1 aliphatic rings. The smallest absolute Gasteiger partial charge is 0.0507 e. The van der Waals surface area contributed by atoms with Crippen molar-refractivity contribution in [2.24, 2.45) is 11.7 Å². The minimum atomic E-state index is 0.250. The second kappa shape index (κ2) is 6.69. The monoisotopic (exact) mass is 266 g/mol. The lowest BCUT2D eigenvalue weighted by Gasteiger charge is -2.39. The highest BCUT2D eigenvalue weighted by molar-refractivity contribution is 7.07. The first-order chi connectivity index (χ1) is 8.76. The lowest BCUT2D eigenvalue weighted by molar-refractivity contribution is 0.121. The van der Waals surface area contributed by atoms with E-state index in [0.29, 0.717) is 6.04 Å². The van der Waals surface area contributed by atoms with Gasteiger partial charge in [0, 0.05) is 12.6 Å². The van der Waals surface area contributed by atoms with Crippen molar-refractivity contribution in [2.75, 3.05) is 13.1 Å². The lowest BCUT2D eigenvalue weighted by atomic mass is 9.84. The second-order valence-corrected chi connectivity index (χ2v) is 6.24. The van der Waals surface area contributed by atoms with E-state index in [2.05, 4.69) is 35.6 Å². The van der Waals surface area contributed by atoms with Crippen LogP contribution in [0.25, 0.3) is 0 Å². The average molecular weight is 266 g/mol. The largest absolute Gasteiger partial charge is 0.326 e. The molecule has 0 radical (unpaired) electrons. The van der Waals surface area contributed by atoms with Gasteiger partial charge in [0.05, 0.1) is 6.04 Å². The molecule has 0 spiro atoms. The van der Waals surface area contributed by atoms with Gasteiger partial charge in [-0.1, -0.05) is 20.3 Å². The topological polar surface area (TPSA) is 29.3 Å². The van der Waals surface area contributed by atoms with E-state index in [1.54, 1.807) is 11.3 Å². The number of likely N-dealkylation sites (N-methyl/N-ethyl adjacent to an activating group) is 1. The first-order valence-electron chi connectivity index (χ1n) is 7.28. The fourth-order valence-corrected chi connectivity index (χ4v) is 3.53. The van der Waals surface area contributed by atoms with Crippen LogP contribution in [0, 0.1) is 5.92 Å². The SMILES string of the molecule is CCC(N)C(c1ccsc1)N(CC)CC1CCC1. The summed E-state index contributed by atoms with van der Waals surface area (Å²) in [6.07, 6.45) is 5.29. The molecule has 18 heavy (non-hydrogen) atoms. The molecule has 2 atom stereocenters. The summed E-state index contributed by atoms with van der Waals surface area (Å²) in [7, 11) is 0. The van der Waals surface area contributed by atoms with E-state index in [1.165, 1.54) is 31.4 Å². The fourth-order valence-electron chi connectivity index (χ4n) is 2.84. The molecule has 1 fully saturated rings. The molecule has 1 aromatic rings. The molecule has 2 nitrogen and oxygen atoms in total. The van der Waals surface area contributed by atoms with Crippen LogP contribution >= 0.6 is 11.3 Å². The van der Waals surface area contributed by atoms with Crippen molar-refractivity contribution in [1.82, 2.24) is 4.90 Å². The maximum absolute atomic E-state index is 6.38. The summed E-state index contributed by atoms with van der Waals surface area (Å²) in [4.78, 5) is 2.60. The molecule has 0 aliphatic heterocycles. The number of hydrogen-bond acceptors (Lipinski definition) is 3. The Bertz CT molecular complexity index is 332. The zero-order valence-electron chi connectivity index (χ0n) is 11.6. The highest BCUT2D eigenvalue weighted by atomic mass is 32.1. The van der Waals surface area contributed by atoms with Gasteiger partial charge in [-0.15, -0.1) is 0 Å². The third-order valence-corrected chi connectivity index (χ3v) is 4.98. The molecule has 1 heterocycles. The zero-order chi connectivity index (χ0) is 13.0. The normalized spacial score (nSPS) is 19.8. The van der Waals surface area contributed by atoms with Crippen LogP contribution in [0.5, 0.6) is 0 Å². The Balaban J connectivity index is 2.09. The standard InChI is InChI=1S/C15H26N2S/c1-3-14(16)15(13-8-9-18-11-13)17(4-2)10-12-6-5-7-12/h8-9,11-12,14-15H,3-7,10,16H2,1-2H3. The van der Waals surface area contributed by atoms with Crippen LogP contribution in [0.15, 0.2) is 16.8 Å². The quantitative estimate of drug-likeness (QED) is 0.816. The van der Waals surface area contributed by atoms with Gasteiger partial charge < -0.3 is 5.73 Å². The highest BCUT2D eigenvalue weighted by Crippen LogP contribution is 2.32. The first kappa shape index (κ1) is 14.0. The summed E-state index contributed by atoms with van der Waals surface area (Å²) in [5.74, 6) is 0.912. The summed E-state index contributed by atoms with van der Waals surface area (Å²) in [5, 5.41) is 4.44. The molecule has 102 valence electrons. The van der Waals surface area contributed by atoms with Crippen LogP contribution in [-0.2, 0) is 0 Å². The second-order valence-electron chi connectivity index (χ2n) is 5.46. The number of nitrogens with two attached hydrogens (primary N) is 1. The van der Waals surface area contributed by atoms with Crippen molar-refractivity contribution in [3.63, 3.8) is 0 Å². The third-order valence-electron chi connectivity index (χ3n) is 4.28. The van der Waals surface area contributed by atoms with E-state index in [1.807, 2.05) is 0 Å². The van der Waals surface area contributed by atoms with Gasteiger partial charge in [0.25, 0.3) is 0 Å². The van der Waals surface area contributed by atoms with E-state index in [0.717, 1.165) is 18.9 Å². The van der Waals surface area contributed by atoms with Crippen LogP contribution in [0.1, 0.15) is 51.1 Å². The van der Waals surface area contributed by atoms with Gasteiger partial charge in [-0.3, -0.25) is 4.90 Å². The number of rotatable bonds is 7. The van der Waals surface area contributed by atoms with Gasteiger partial charge in [-0.05, 0) is 54.1 Å². The molecule has 0 saturated heterocycles. The Morgan fingerprint density at radius 1 is 1.44 bits per heavy atom. The average Bonchev–Trinajstić information content (AvgIpc) is 2.84. The highest BCUT2D eigenvalue weighted by Gasteiger charge is 2.28. The minimum absolute atomic E-state index is 0.250. The molecule has 0 amide bonds. The molecular weight excluding hydrogens is 240 g/mol. The molecular formula is C15H26N2S. The predicted molar refractivity (Wildman–Crippen MR) is 79.9 cm³/mol. The summed E-state index contributed by atoms with van der Waals surface area (Å²) >= 11 is 1.78. The van der Waals surface area contributed by atoms with Crippen LogP contribution in [0.3, 0.4) is 0 Å². The number of thiophene rings is 1. The third kappa shape index (κ3) is 3.14. The Morgan fingerprint density at radius 3 is 2.67 bits per heavy atom. The van der Waals surface area contributed by atoms with Gasteiger partial charge in [0.2, 0.25) is 0 Å². The Labute approximate surface area is 115 Å². The molecule has 0 bridgehead atoms. The molecule has 2 unspecified atom stereocenters. The van der Waals surface area contributed by atoms with Crippen LogP contribution in [0.2, 0.25) is 0 Å².